The van der Waals surface area contributed by atoms with Crippen LogP contribution in [0.15, 0.2) is 89.8 Å². The molecule has 9 heteroatoms. The third-order valence-electron chi connectivity index (χ3n) is 4.51. The second-order valence-corrected chi connectivity index (χ2v) is 9.05. The van der Waals surface area contributed by atoms with Crippen molar-refractivity contribution in [1.29, 1.82) is 0 Å². The summed E-state index contributed by atoms with van der Waals surface area (Å²) in [5.41, 5.74) is 4.72. The minimum absolute atomic E-state index is 0.0184. The van der Waals surface area contributed by atoms with E-state index >= 15 is 0 Å². The number of nitrogens with one attached hydrogen (secondary N) is 2. The topological polar surface area (TPSA) is 98.8 Å². The van der Waals surface area contributed by atoms with Crippen LogP contribution in [0.2, 0.25) is 0 Å². The maximum absolute atomic E-state index is 12.9. The molecule has 3 aromatic rings. The molecule has 166 valence electrons. The Balaban J connectivity index is 1.74. The fourth-order valence-corrected chi connectivity index (χ4v) is 4.10. The van der Waals surface area contributed by atoms with Crippen LogP contribution in [-0.4, -0.2) is 38.1 Å². The maximum atomic E-state index is 12.9. The van der Waals surface area contributed by atoms with Gasteiger partial charge in [-0.25, -0.2) is 8.42 Å². The van der Waals surface area contributed by atoms with E-state index in [0.717, 1.165) is 15.7 Å². The van der Waals surface area contributed by atoms with Gasteiger partial charge in [-0.1, -0.05) is 36.4 Å². The number of carbonyl (C=O) groups excluding carboxylic acids is 2. The highest BCUT2D eigenvalue weighted by atomic mass is 32.2. The Labute approximate surface area is 187 Å². The molecule has 0 aromatic heterocycles. The van der Waals surface area contributed by atoms with E-state index in [4.69, 9.17) is 0 Å². The molecule has 0 saturated heterocycles. The molecule has 0 radical (unpaired) electrons. The van der Waals surface area contributed by atoms with Crippen LogP contribution in [0, 0.1) is 0 Å². The van der Waals surface area contributed by atoms with Crippen molar-refractivity contribution in [3.05, 3.63) is 84.9 Å². The van der Waals surface area contributed by atoms with E-state index in [-0.39, 0.29) is 17.3 Å². The molecular formula is C23H24N4O4S. The number of rotatable bonds is 8. The van der Waals surface area contributed by atoms with Crippen LogP contribution < -0.4 is 15.8 Å². The number of benzene rings is 3. The summed E-state index contributed by atoms with van der Waals surface area (Å²) in [5.74, 6) is -0.755. The van der Waals surface area contributed by atoms with Gasteiger partial charge in [0.05, 0.1) is 22.8 Å². The molecule has 0 bridgehead atoms. The van der Waals surface area contributed by atoms with E-state index in [1.54, 1.807) is 5.01 Å². The van der Waals surface area contributed by atoms with E-state index < -0.39 is 15.9 Å². The van der Waals surface area contributed by atoms with E-state index in [0.29, 0.717) is 5.69 Å². The molecule has 0 atom stereocenters. The van der Waals surface area contributed by atoms with E-state index in [2.05, 4.69) is 10.7 Å². The van der Waals surface area contributed by atoms with Gasteiger partial charge in [0.25, 0.3) is 5.91 Å². The predicted octanol–water partition coefficient (Wildman–Crippen LogP) is 3.14. The average molecular weight is 453 g/mol. The van der Waals surface area contributed by atoms with Crippen LogP contribution in [0.4, 0.5) is 17.1 Å². The highest BCUT2D eigenvalue weighted by Gasteiger charge is 2.24. The lowest BCUT2D eigenvalue weighted by Crippen LogP contribution is -2.45. The van der Waals surface area contributed by atoms with Gasteiger partial charge in [-0.15, -0.1) is 0 Å². The van der Waals surface area contributed by atoms with Crippen molar-refractivity contribution in [1.82, 2.24) is 9.73 Å². The number of hydrogen-bond acceptors (Lipinski definition) is 5. The lowest BCUT2D eigenvalue weighted by Gasteiger charge is -2.26. The largest absolute Gasteiger partial charge is 0.326 e. The van der Waals surface area contributed by atoms with Crippen molar-refractivity contribution < 1.29 is 18.0 Å². The summed E-state index contributed by atoms with van der Waals surface area (Å²) in [5, 5.41) is 4.18. The normalized spacial score (nSPS) is 11.1. The van der Waals surface area contributed by atoms with E-state index in [1.165, 1.54) is 38.2 Å². The third-order valence-corrected chi connectivity index (χ3v) is 6.33. The highest BCUT2D eigenvalue weighted by Crippen LogP contribution is 2.23. The Bertz CT molecular complexity index is 1130. The summed E-state index contributed by atoms with van der Waals surface area (Å²) >= 11 is 0. The number of carbonyl (C=O) groups is 2. The van der Waals surface area contributed by atoms with Gasteiger partial charge in [0.15, 0.2) is 0 Å². The molecular weight excluding hydrogens is 428 g/mol. The molecule has 8 nitrogen and oxygen atoms in total. The summed E-state index contributed by atoms with van der Waals surface area (Å²) in [6, 6.07) is 24.2. The second-order valence-electron chi connectivity index (χ2n) is 7.01. The van der Waals surface area contributed by atoms with Crippen molar-refractivity contribution >= 4 is 38.9 Å². The van der Waals surface area contributed by atoms with Crippen molar-refractivity contribution in [3.8, 4) is 0 Å². The van der Waals surface area contributed by atoms with E-state index in [9.17, 15) is 18.0 Å². The summed E-state index contributed by atoms with van der Waals surface area (Å²) < 4.78 is 26.7. The van der Waals surface area contributed by atoms with Gasteiger partial charge in [-0.05, 0) is 48.5 Å². The molecule has 0 aliphatic heterocycles. The van der Waals surface area contributed by atoms with Crippen molar-refractivity contribution in [2.45, 2.75) is 11.8 Å². The molecule has 2 amide bonds. The first-order chi connectivity index (χ1) is 15.3. The van der Waals surface area contributed by atoms with Gasteiger partial charge in [-0.3, -0.25) is 20.0 Å². The Hall–Kier alpha value is -3.69. The van der Waals surface area contributed by atoms with Crippen LogP contribution in [0.25, 0.3) is 0 Å². The fraction of sp³-hybridized carbons (Fsp3) is 0.130. The Kier molecular flexibility index (Phi) is 7.24. The lowest BCUT2D eigenvalue weighted by molar-refractivity contribution is -0.121. The summed E-state index contributed by atoms with van der Waals surface area (Å²) in [4.78, 5) is 23.9. The van der Waals surface area contributed by atoms with Gasteiger partial charge in [-0.2, -0.15) is 4.31 Å². The number of sulfonamides is 1. The fourth-order valence-electron chi connectivity index (χ4n) is 2.97. The van der Waals surface area contributed by atoms with Gasteiger partial charge in [0, 0.05) is 19.7 Å². The number of hydrogen-bond donors (Lipinski definition) is 2. The Morgan fingerprint density at radius 2 is 1.31 bits per heavy atom. The van der Waals surface area contributed by atoms with E-state index in [1.807, 2.05) is 60.7 Å². The predicted molar refractivity (Wildman–Crippen MR) is 124 cm³/mol. The molecule has 0 fully saturated rings. The number of hydrazine groups is 1. The van der Waals surface area contributed by atoms with Gasteiger partial charge in [0.2, 0.25) is 15.9 Å². The van der Waals surface area contributed by atoms with Crippen LogP contribution in [0.1, 0.15) is 6.92 Å². The first kappa shape index (κ1) is 23.0. The van der Waals surface area contributed by atoms with Crippen molar-refractivity contribution in [2.75, 3.05) is 23.9 Å². The Morgan fingerprint density at radius 3 is 1.78 bits per heavy atom. The molecule has 0 saturated carbocycles. The average Bonchev–Trinajstić information content (AvgIpc) is 2.78. The zero-order valence-electron chi connectivity index (χ0n) is 17.7. The smallest absolute Gasteiger partial charge is 0.254 e. The minimum atomic E-state index is -3.90. The first-order valence-electron chi connectivity index (χ1n) is 9.81. The van der Waals surface area contributed by atoms with Gasteiger partial charge >= 0.3 is 0 Å². The third kappa shape index (κ3) is 5.71. The maximum Gasteiger partial charge on any atom is 0.254 e. The number of para-hydroxylation sites is 2. The molecule has 3 aromatic carbocycles. The molecule has 0 heterocycles. The molecule has 0 unspecified atom stereocenters. The quantitative estimate of drug-likeness (QED) is 0.512. The molecule has 2 N–H and O–H groups in total. The van der Waals surface area contributed by atoms with Crippen LogP contribution in [-0.2, 0) is 19.6 Å². The molecule has 0 aliphatic rings. The number of amides is 2. The second kappa shape index (κ2) is 10.1. The monoisotopic (exact) mass is 452 g/mol. The molecule has 0 spiro atoms. The number of likely N-dealkylation sites (N-methyl/N-ethyl adjacent to an activating group) is 1. The standard InChI is InChI=1S/C23H24N4O4S/c1-18(28)24-19-13-15-22(16-14-19)32(30,31)26(2)17-23(29)25-27(20-9-5-3-6-10-20)21-11-7-4-8-12-21/h3-16H,17H2,1-2H3,(H,24,28)(H,25,29). The SMILES string of the molecule is CC(=O)Nc1ccc(S(=O)(=O)N(C)CC(=O)NN(c2ccccc2)c2ccccc2)cc1. The first-order valence-corrected chi connectivity index (χ1v) is 11.2. The van der Waals surface area contributed by atoms with Crippen molar-refractivity contribution in [2.24, 2.45) is 0 Å². The molecule has 3 rings (SSSR count). The van der Waals surface area contributed by atoms with Crippen LogP contribution >= 0.6 is 0 Å². The zero-order valence-corrected chi connectivity index (χ0v) is 18.5. The summed E-state index contributed by atoms with van der Waals surface area (Å²) in [7, 11) is -2.56. The lowest BCUT2D eigenvalue weighted by atomic mass is 10.2. The number of nitrogens with zero attached hydrogens (tertiary/aromatic N) is 2. The van der Waals surface area contributed by atoms with Crippen LogP contribution in [0.5, 0.6) is 0 Å². The summed E-state index contributed by atoms with van der Waals surface area (Å²) in [6.45, 7) is 0.983. The van der Waals surface area contributed by atoms with Crippen LogP contribution in [0.3, 0.4) is 0 Å². The van der Waals surface area contributed by atoms with Gasteiger partial charge in [0.1, 0.15) is 0 Å². The zero-order chi connectivity index (χ0) is 23.1. The van der Waals surface area contributed by atoms with Crippen molar-refractivity contribution in [3.63, 3.8) is 0 Å². The molecule has 32 heavy (non-hydrogen) atoms. The molecule has 0 aliphatic carbocycles. The summed E-state index contributed by atoms with van der Waals surface area (Å²) in [6.07, 6.45) is 0. The highest BCUT2D eigenvalue weighted by molar-refractivity contribution is 7.89. The Morgan fingerprint density at radius 1 is 0.812 bits per heavy atom. The number of anilines is 3. The van der Waals surface area contributed by atoms with Gasteiger partial charge < -0.3 is 5.32 Å². The minimum Gasteiger partial charge on any atom is -0.326 e.